The number of aromatic nitrogens is 1. The van der Waals surface area contributed by atoms with Gasteiger partial charge in [0, 0.05) is 55.2 Å². The number of hydrogen-bond acceptors (Lipinski definition) is 3. The summed E-state index contributed by atoms with van der Waals surface area (Å²) in [6.07, 6.45) is 4.22. The highest BCUT2D eigenvalue weighted by molar-refractivity contribution is 6.01. The first-order valence-corrected chi connectivity index (χ1v) is 14.3. The molecule has 5 rings (SSSR count). The molecule has 1 aliphatic carbocycles. The number of nitrogens with zero attached hydrogens (tertiary/aromatic N) is 3. The van der Waals surface area contributed by atoms with Gasteiger partial charge in [0.05, 0.1) is 0 Å². The van der Waals surface area contributed by atoms with Gasteiger partial charge in [-0.15, -0.1) is 0 Å². The van der Waals surface area contributed by atoms with E-state index in [-0.39, 0.29) is 23.1 Å². The summed E-state index contributed by atoms with van der Waals surface area (Å²) in [6.45, 7) is 13.8. The third-order valence-electron chi connectivity index (χ3n) is 8.38. The monoisotopic (exact) mass is 514 g/mol. The fraction of sp³-hybridized carbons (Fsp3) is 0.500. The van der Waals surface area contributed by atoms with Gasteiger partial charge >= 0.3 is 0 Å². The average Bonchev–Trinajstić information content (AvgIpc) is 3.57. The first-order valence-electron chi connectivity index (χ1n) is 14.3. The van der Waals surface area contributed by atoms with Gasteiger partial charge in [0.25, 0.3) is 5.91 Å². The molecular formula is C32H42N4O2. The van der Waals surface area contributed by atoms with Gasteiger partial charge in [0.2, 0.25) is 5.91 Å². The molecule has 0 spiro atoms. The van der Waals surface area contributed by atoms with E-state index in [2.05, 4.69) is 72.8 Å². The first kappa shape index (κ1) is 26.5. The Hall–Kier alpha value is -3.12. The fourth-order valence-corrected chi connectivity index (χ4v) is 5.85. The van der Waals surface area contributed by atoms with Gasteiger partial charge in [-0.25, -0.2) is 0 Å². The van der Waals surface area contributed by atoms with Crippen molar-refractivity contribution in [2.24, 2.45) is 5.92 Å². The number of nitrogens with one attached hydrogen (secondary N) is 1. The number of piperazine rings is 1. The van der Waals surface area contributed by atoms with Crippen LogP contribution in [0, 0.1) is 5.92 Å². The minimum absolute atomic E-state index is 0.0832. The second kappa shape index (κ2) is 10.9. The molecular weight excluding hydrogens is 472 g/mol. The molecule has 202 valence electrons. The van der Waals surface area contributed by atoms with E-state index in [1.165, 1.54) is 11.1 Å². The number of amides is 2. The van der Waals surface area contributed by atoms with Crippen LogP contribution in [0.25, 0.3) is 10.9 Å². The molecule has 1 saturated heterocycles. The predicted octanol–water partition coefficient (Wildman–Crippen LogP) is 5.89. The Morgan fingerprint density at radius 1 is 0.921 bits per heavy atom. The lowest BCUT2D eigenvalue weighted by Crippen LogP contribution is -2.48. The van der Waals surface area contributed by atoms with Crippen LogP contribution >= 0.6 is 0 Å². The Kier molecular flexibility index (Phi) is 7.62. The normalized spacial score (nSPS) is 17.3. The molecule has 1 aliphatic heterocycles. The molecule has 1 aromatic heterocycles. The highest BCUT2D eigenvalue weighted by atomic mass is 16.2. The van der Waals surface area contributed by atoms with E-state index >= 15 is 0 Å². The molecule has 2 heterocycles. The zero-order valence-electron chi connectivity index (χ0n) is 23.4. The number of benzene rings is 2. The van der Waals surface area contributed by atoms with Crippen molar-refractivity contribution < 1.29 is 9.59 Å². The lowest BCUT2D eigenvalue weighted by atomic mass is 9.87. The average molecular weight is 515 g/mol. The van der Waals surface area contributed by atoms with Crippen LogP contribution in [0.4, 0.5) is 5.69 Å². The number of fused-ring (bicyclic) bond motifs is 1. The maximum atomic E-state index is 13.8. The zero-order valence-corrected chi connectivity index (χ0v) is 23.4. The Morgan fingerprint density at radius 2 is 1.61 bits per heavy atom. The van der Waals surface area contributed by atoms with Crippen molar-refractivity contribution >= 4 is 28.4 Å². The molecule has 3 aromatic rings. The second-order valence-electron chi connectivity index (χ2n) is 12.0. The van der Waals surface area contributed by atoms with Crippen molar-refractivity contribution in [3.05, 3.63) is 65.4 Å². The highest BCUT2D eigenvalue weighted by Gasteiger charge is 2.26. The van der Waals surface area contributed by atoms with Crippen LogP contribution in [0.3, 0.4) is 0 Å². The molecule has 0 bridgehead atoms. The van der Waals surface area contributed by atoms with Crippen molar-refractivity contribution in [3.63, 3.8) is 0 Å². The van der Waals surface area contributed by atoms with Crippen molar-refractivity contribution in [1.29, 1.82) is 0 Å². The van der Waals surface area contributed by atoms with Crippen LogP contribution < -0.4 is 5.32 Å². The number of carbonyl (C=O) groups excluding carboxylic acids is 2. The van der Waals surface area contributed by atoms with Gasteiger partial charge in [-0.1, -0.05) is 64.8 Å². The molecule has 0 unspecified atom stereocenters. The molecule has 1 N–H and O–H groups in total. The third kappa shape index (κ3) is 5.65. The quantitative estimate of drug-likeness (QED) is 0.446. The number of hydrogen-bond donors (Lipinski definition) is 1. The summed E-state index contributed by atoms with van der Waals surface area (Å²) in [5, 5.41) is 4.11. The van der Waals surface area contributed by atoms with E-state index in [1.54, 1.807) is 0 Å². The Labute approximate surface area is 227 Å². The summed E-state index contributed by atoms with van der Waals surface area (Å²) in [4.78, 5) is 30.9. The minimum Gasteiger partial charge on any atom is -0.335 e. The molecule has 6 nitrogen and oxygen atoms in total. The number of likely N-dealkylation sites (N-methyl/N-ethyl adjacent to an activating group) is 1. The van der Waals surface area contributed by atoms with Gasteiger partial charge in [0.1, 0.15) is 5.69 Å². The van der Waals surface area contributed by atoms with Crippen LogP contribution in [-0.4, -0.2) is 58.9 Å². The molecule has 0 radical (unpaired) electrons. The summed E-state index contributed by atoms with van der Waals surface area (Å²) in [5.41, 5.74) is 5.09. The molecule has 1 saturated carbocycles. The Bertz CT molecular complexity index is 1290. The van der Waals surface area contributed by atoms with Gasteiger partial charge in [-0.3, -0.25) is 9.59 Å². The standard InChI is InChI=1S/C32H42N4O2/c1-5-34-16-18-35(19-17-34)31(38)29-21-25-20-27(33-30(37)24-8-6-7-9-24)14-15-28(25)36(29)22-23-10-12-26(13-11-23)32(2,3)4/h10-15,20-21,24H,5-9,16-19,22H2,1-4H3,(H,33,37). The number of rotatable bonds is 6. The van der Waals surface area contributed by atoms with E-state index in [9.17, 15) is 9.59 Å². The lowest BCUT2D eigenvalue weighted by Gasteiger charge is -2.34. The van der Waals surface area contributed by atoms with Gasteiger partial charge in [-0.05, 0) is 60.2 Å². The Morgan fingerprint density at radius 3 is 2.24 bits per heavy atom. The van der Waals surface area contributed by atoms with Crippen LogP contribution in [0.15, 0.2) is 48.5 Å². The summed E-state index contributed by atoms with van der Waals surface area (Å²) in [7, 11) is 0. The SMILES string of the molecule is CCN1CCN(C(=O)c2cc3cc(NC(=O)C4CCCC4)ccc3n2Cc2ccc(C(C)(C)C)cc2)CC1. The van der Waals surface area contributed by atoms with E-state index in [4.69, 9.17) is 0 Å². The van der Waals surface area contributed by atoms with Crippen LogP contribution in [0.2, 0.25) is 0 Å². The van der Waals surface area contributed by atoms with E-state index in [0.717, 1.165) is 75.0 Å². The number of anilines is 1. The minimum atomic E-state index is 0.0832. The van der Waals surface area contributed by atoms with Gasteiger partial charge in [0.15, 0.2) is 0 Å². The third-order valence-corrected chi connectivity index (χ3v) is 8.38. The van der Waals surface area contributed by atoms with Gasteiger partial charge in [-0.2, -0.15) is 0 Å². The predicted molar refractivity (Wildman–Crippen MR) is 155 cm³/mol. The molecule has 2 amide bonds. The van der Waals surface area contributed by atoms with Crippen molar-refractivity contribution in [2.45, 2.75) is 65.3 Å². The van der Waals surface area contributed by atoms with E-state index < -0.39 is 0 Å². The van der Waals surface area contributed by atoms with Crippen molar-refractivity contribution in [2.75, 3.05) is 38.0 Å². The first-order chi connectivity index (χ1) is 18.2. The Balaban J connectivity index is 1.46. The maximum Gasteiger partial charge on any atom is 0.270 e. The van der Waals surface area contributed by atoms with Crippen LogP contribution in [-0.2, 0) is 16.8 Å². The summed E-state index contributed by atoms with van der Waals surface area (Å²) in [6, 6.07) is 16.8. The van der Waals surface area contributed by atoms with E-state index in [1.807, 2.05) is 23.1 Å². The van der Waals surface area contributed by atoms with Gasteiger partial charge < -0.3 is 19.7 Å². The fourth-order valence-electron chi connectivity index (χ4n) is 5.85. The molecule has 0 atom stereocenters. The summed E-state index contributed by atoms with van der Waals surface area (Å²) < 4.78 is 2.15. The van der Waals surface area contributed by atoms with E-state index in [0.29, 0.717) is 12.2 Å². The second-order valence-corrected chi connectivity index (χ2v) is 12.0. The molecule has 2 fully saturated rings. The molecule has 2 aliphatic rings. The van der Waals surface area contributed by atoms with Crippen molar-refractivity contribution in [1.82, 2.24) is 14.4 Å². The van der Waals surface area contributed by atoms with Crippen LogP contribution in [0.1, 0.15) is 75.0 Å². The smallest absolute Gasteiger partial charge is 0.270 e. The summed E-state index contributed by atoms with van der Waals surface area (Å²) in [5.74, 6) is 0.315. The van der Waals surface area contributed by atoms with Crippen molar-refractivity contribution in [3.8, 4) is 0 Å². The summed E-state index contributed by atoms with van der Waals surface area (Å²) >= 11 is 0. The molecule has 38 heavy (non-hydrogen) atoms. The largest absolute Gasteiger partial charge is 0.335 e. The lowest BCUT2D eigenvalue weighted by molar-refractivity contribution is -0.119. The number of carbonyl (C=O) groups is 2. The van der Waals surface area contributed by atoms with Crippen LogP contribution in [0.5, 0.6) is 0 Å². The molecule has 6 heteroatoms. The maximum absolute atomic E-state index is 13.8. The topological polar surface area (TPSA) is 57.6 Å². The molecule has 2 aromatic carbocycles. The zero-order chi connectivity index (χ0) is 26.9. The highest BCUT2D eigenvalue weighted by Crippen LogP contribution is 2.29.